The predicted molar refractivity (Wildman–Crippen MR) is 85.4 cm³/mol. The Bertz CT molecular complexity index is 836. The van der Waals surface area contributed by atoms with Gasteiger partial charge in [-0.05, 0) is 36.8 Å². The van der Waals surface area contributed by atoms with Crippen molar-refractivity contribution in [1.29, 1.82) is 5.26 Å². The van der Waals surface area contributed by atoms with Crippen LogP contribution in [0.5, 0.6) is 0 Å². The van der Waals surface area contributed by atoms with Gasteiger partial charge in [0.15, 0.2) is 9.84 Å². The maximum Gasteiger partial charge on any atom is 0.183 e. The van der Waals surface area contributed by atoms with Gasteiger partial charge in [-0.25, -0.2) is 8.42 Å². The SMILES string of the molecule is Cc1ccc([C@@H]2[C@@H](C#N)[C@H]2S(=O)(=O)c2ccc(Cl)cc2)cc1. The van der Waals surface area contributed by atoms with Gasteiger partial charge < -0.3 is 0 Å². The molecule has 0 spiro atoms. The average molecular weight is 332 g/mol. The highest BCUT2D eigenvalue weighted by Gasteiger charge is 2.59. The maximum absolute atomic E-state index is 12.7. The molecule has 3 atom stereocenters. The van der Waals surface area contributed by atoms with Crippen molar-refractivity contribution in [3.63, 3.8) is 0 Å². The minimum atomic E-state index is -3.53. The zero-order chi connectivity index (χ0) is 15.9. The van der Waals surface area contributed by atoms with Crippen LogP contribution < -0.4 is 0 Å². The fourth-order valence-electron chi connectivity index (χ4n) is 2.79. The monoisotopic (exact) mass is 331 g/mol. The Kier molecular flexibility index (Phi) is 3.72. The second-order valence-corrected chi connectivity index (χ2v) is 8.10. The quantitative estimate of drug-likeness (QED) is 0.861. The summed E-state index contributed by atoms with van der Waals surface area (Å²) < 4.78 is 25.5. The molecule has 112 valence electrons. The highest BCUT2D eigenvalue weighted by Crippen LogP contribution is 2.53. The number of nitriles is 1. The topological polar surface area (TPSA) is 57.9 Å². The first kappa shape index (κ1) is 15.1. The number of rotatable bonds is 3. The highest BCUT2D eigenvalue weighted by molar-refractivity contribution is 7.92. The average Bonchev–Trinajstić information content (AvgIpc) is 3.24. The summed E-state index contributed by atoms with van der Waals surface area (Å²) in [5, 5.41) is 9.09. The summed E-state index contributed by atoms with van der Waals surface area (Å²) in [4.78, 5) is 0.219. The zero-order valence-electron chi connectivity index (χ0n) is 11.9. The van der Waals surface area contributed by atoms with Crippen LogP contribution in [0, 0.1) is 24.2 Å². The van der Waals surface area contributed by atoms with Gasteiger partial charge in [-0.1, -0.05) is 41.4 Å². The van der Waals surface area contributed by atoms with E-state index in [1.807, 2.05) is 31.2 Å². The molecule has 1 aliphatic carbocycles. The molecule has 0 unspecified atom stereocenters. The lowest BCUT2D eigenvalue weighted by molar-refractivity contribution is 0.593. The summed E-state index contributed by atoms with van der Waals surface area (Å²) in [5.41, 5.74) is 2.01. The fourth-order valence-corrected chi connectivity index (χ4v) is 4.98. The summed E-state index contributed by atoms with van der Waals surface area (Å²) in [6.07, 6.45) is 0. The van der Waals surface area contributed by atoms with Gasteiger partial charge in [-0.2, -0.15) is 5.26 Å². The molecular weight excluding hydrogens is 318 g/mol. The lowest BCUT2D eigenvalue weighted by Gasteiger charge is -2.04. The first-order chi connectivity index (χ1) is 10.4. The standard InChI is InChI=1S/C17H14ClNO2S/c1-11-2-4-12(5-3-11)16-15(10-19)17(16)22(20,21)14-8-6-13(18)7-9-14/h2-9,15-17H,1H3/t15-,16-,17-/m1/s1. The molecule has 0 heterocycles. The Hall–Kier alpha value is -1.83. The van der Waals surface area contributed by atoms with Crippen molar-refractivity contribution in [3.8, 4) is 6.07 Å². The van der Waals surface area contributed by atoms with Crippen molar-refractivity contribution in [1.82, 2.24) is 0 Å². The molecule has 3 rings (SSSR count). The van der Waals surface area contributed by atoms with Crippen LogP contribution in [0.4, 0.5) is 0 Å². The van der Waals surface area contributed by atoms with Gasteiger partial charge in [0.1, 0.15) is 0 Å². The van der Waals surface area contributed by atoms with E-state index >= 15 is 0 Å². The van der Waals surface area contributed by atoms with Crippen molar-refractivity contribution >= 4 is 21.4 Å². The predicted octanol–water partition coefficient (Wildman–Crippen LogP) is 3.73. The molecule has 1 fully saturated rings. The van der Waals surface area contributed by atoms with E-state index in [1.54, 1.807) is 12.1 Å². The normalized spacial score (nSPS) is 23.8. The molecule has 1 saturated carbocycles. The van der Waals surface area contributed by atoms with Crippen LogP contribution in [-0.2, 0) is 9.84 Å². The summed E-state index contributed by atoms with van der Waals surface area (Å²) in [6, 6.07) is 15.9. The third-order valence-corrected chi connectivity index (χ3v) is 6.55. The Labute approximate surface area is 135 Å². The summed E-state index contributed by atoms with van der Waals surface area (Å²) in [6.45, 7) is 1.97. The molecule has 0 N–H and O–H groups in total. The number of hydrogen-bond donors (Lipinski definition) is 0. The molecule has 0 aliphatic heterocycles. The largest absolute Gasteiger partial charge is 0.223 e. The lowest BCUT2D eigenvalue weighted by Crippen LogP contribution is -2.10. The number of benzene rings is 2. The molecule has 0 radical (unpaired) electrons. The molecule has 0 aromatic heterocycles. The summed E-state index contributed by atoms with van der Waals surface area (Å²) >= 11 is 5.81. The van der Waals surface area contributed by atoms with Crippen molar-refractivity contribution in [2.24, 2.45) is 5.92 Å². The van der Waals surface area contributed by atoms with E-state index in [1.165, 1.54) is 12.1 Å². The first-order valence-corrected chi connectivity index (χ1v) is 8.83. The van der Waals surface area contributed by atoms with Crippen LogP contribution in [0.3, 0.4) is 0 Å². The third-order valence-electron chi connectivity index (χ3n) is 4.07. The minimum Gasteiger partial charge on any atom is -0.223 e. The fraction of sp³-hybridized carbons (Fsp3) is 0.235. The third kappa shape index (κ3) is 2.51. The smallest absolute Gasteiger partial charge is 0.183 e. The Morgan fingerprint density at radius 2 is 1.64 bits per heavy atom. The molecule has 0 bridgehead atoms. The van der Waals surface area contributed by atoms with Crippen LogP contribution in [0.1, 0.15) is 17.0 Å². The van der Waals surface area contributed by atoms with Crippen molar-refractivity contribution in [2.45, 2.75) is 23.0 Å². The zero-order valence-corrected chi connectivity index (χ0v) is 13.5. The molecule has 2 aromatic carbocycles. The highest BCUT2D eigenvalue weighted by atomic mass is 35.5. The van der Waals surface area contributed by atoms with Crippen molar-refractivity contribution in [2.75, 3.05) is 0 Å². The van der Waals surface area contributed by atoms with Gasteiger partial charge in [0.25, 0.3) is 0 Å². The summed E-state index contributed by atoms with van der Waals surface area (Å²) in [5.74, 6) is -0.755. The van der Waals surface area contributed by atoms with E-state index in [9.17, 15) is 13.7 Å². The van der Waals surface area contributed by atoms with E-state index < -0.39 is 21.0 Å². The van der Waals surface area contributed by atoms with E-state index in [-0.39, 0.29) is 10.8 Å². The van der Waals surface area contributed by atoms with Gasteiger partial charge in [-0.15, -0.1) is 0 Å². The number of halogens is 1. The van der Waals surface area contributed by atoms with Crippen molar-refractivity contribution in [3.05, 3.63) is 64.7 Å². The molecular formula is C17H14ClNO2S. The first-order valence-electron chi connectivity index (χ1n) is 6.91. The van der Waals surface area contributed by atoms with Gasteiger partial charge >= 0.3 is 0 Å². The van der Waals surface area contributed by atoms with E-state index in [0.29, 0.717) is 5.02 Å². The van der Waals surface area contributed by atoms with Gasteiger partial charge in [-0.3, -0.25) is 0 Å². The Morgan fingerprint density at radius 3 is 2.18 bits per heavy atom. The van der Waals surface area contributed by atoms with Crippen molar-refractivity contribution < 1.29 is 8.42 Å². The maximum atomic E-state index is 12.7. The van der Waals surface area contributed by atoms with Gasteiger partial charge in [0.05, 0.1) is 22.1 Å². The molecule has 0 saturated heterocycles. The molecule has 5 heteroatoms. The minimum absolute atomic E-state index is 0.219. The number of sulfone groups is 1. The van der Waals surface area contributed by atoms with Gasteiger partial charge in [0.2, 0.25) is 0 Å². The van der Waals surface area contributed by atoms with E-state index in [0.717, 1.165) is 11.1 Å². The second-order valence-electron chi connectivity index (χ2n) is 5.55. The van der Waals surface area contributed by atoms with Crippen LogP contribution >= 0.6 is 11.6 Å². The molecule has 3 nitrogen and oxygen atoms in total. The second kappa shape index (κ2) is 5.42. The van der Waals surface area contributed by atoms with E-state index in [4.69, 9.17) is 11.6 Å². The Morgan fingerprint density at radius 1 is 1.05 bits per heavy atom. The molecule has 1 aliphatic rings. The Balaban J connectivity index is 1.95. The number of hydrogen-bond acceptors (Lipinski definition) is 3. The lowest BCUT2D eigenvalue weighted by atomic mass is 10.1. The van der Waals surface area contributed by atoms with Crippen LogP contribution in [-0.4, -0.2) is 13.7 Å². The number of nitrogens with zero attached hydrogens (tertiary/aromatic N) is 1. The van der Waals surface area contributed by atoms with Crippen LogP contribution in [0.25, 0.3) is 0 Å². The summed E-state index contributed by atoms with van der Waals surface area (Å²) in [7, 11) is -3.53. The van der Waals surface area contributed by atoms with E-state index in [2.05, 4.69) is 6.07 Å². The number of aryl methyl sites for hydroxylation is 1. The molecule has 2 aromatic rings. The molecule has 0 amide bonds. The van der Waals surface area contributed by atoms with Gasteiger partial charge in [0, 0.05) is 10.9 Å². The molecule has 22 heavy (non-hydrogen) atoms. The van der Waals surface area contributed by atoms with Crippen LogP contribution in [0.15, 0.2) is 53.4 Å². The van der Waals surface area contributed by atoms with Crippen LogP contribution in [0.2, 0.25) is 5.02 Å².